The van der Waals surface area contributed by atoms with Crippen LogP contribution in [0, 0.1) is 5.92 Å². The highest BCUT2D eigenvalue weighted by molar-refractivity contribution is 9.10. The van der Waals surface area contributed by atoms with E-state index in [4.69, 9.17) is 4.74 Å². The van der Waals surface area contributed by atoms with Crippen molar-refractivity contribution >= 4 is 27.5 Å². The van der Waals surface area contributed by atoms with E-state index in [9.17, 15) is 4.79 Å². The number of carbonyl (C=O) groups is 1. The topological polar surface area (TPSA) is 41.6 Å². The Morgan fingerprint density at radius 3 is 2.85 bits per heavy atom. The fourth-order valence-corrected chi connectivity index (χ4v) is 3.92. The maximum absolute atomic E-state index is 12.8. The van der Waals surface area contributed by atoms with Crippen molar-refractivity contribution in [3.63, 3.8) is 0 Å². The molecule has 0 aliphatic carbocycles. The van der Waals surface area contributed by atoms with Gasteiger partial charge >= 0.3 is 0 Å². The lowest BCUT2D eigenvalue weighted by molar-refractivity contribution is -0.121. The van der Waals surface area contributed by atoms with Gasteiger partial charge in [0, 0.05) is 29.3 Å². The summed E-state index contributed by atoms with van der Waals surface area (Å²) < 4.78 is 6.80. The Kier molecular flexibility index (Phi) is 6.91. The van der Waals surface area contributed by atoms with Gasteiger partial charge in [0.2, 0.25) is 5.91 Å². The van der Waals surface area contributed by atoms with Gasteiger partial charge < -0.3 is 10.1 Å². The molecule has 0 bridgehead atoms. The lowest BCUT2D eigenvalue weighted by Gasteiger charge is -2.32. The summed E-state index contributed by atoms with van der Waals surface area (Å²) in [6, 6.07) is 16.0. The molecule has 0 aromatic heterocycles. The molecule has 1 saturated heterocycles. The lowest BCUT2D eigenvalue weighted by Crippen LogP contribution is -2.40. The molecule has 0 radical (unpaired) electrons. The van der Waals surface area contributed by atoms with Crippen molar-refractivity contribution in [1.29, 1.82) is 0 Å². The van der Waals surface area contributed by atoms with Gasteiger partial charge in [0.25, 0.3) is 0 Å². The standard InChI is InChI=1S/C22H27BrN2O2/c1-16(2)27-21-10-4-9-20(13-21)24-22(26)18-7-5-11-25(15-18)14-17-6-3-8-19(23)12-17/h3-4,6,8-10,12-13,16,18H,5,7,11,14-15H2,1-2H3,(H,24,26). The summed E-state index contributed by atoms with van der Waals surface area (Å²) >= 11 is 3.53. The van der Waals surface area contributed by atoms with Crippen LogP contribution in [0.2, 0.25) is 0 Å². The van der Waals surface area contributed by atoms with Crippen LogP contribution in [0.3, 0.4) is 0 Å². The molecule has 1 fully saturated rings. The van der Waals surface area contributed by atoms with Crippen LogP contribution in [0.25, 0.3) is 0 Å². The first kappa shape index (κ1) is 19.9. The number of hydrogen-bond acceptors (Lipinski definition) is 3. The lowest BCUT2D eigenvalue weighted by atomic mass is 9.96. The van der Waals surface area contributed by atoms with Crippen LogP contribution in [0.15, 0.2) is 53.0 Å². The van der Waals surface area contributed by atoms with E-state index in [1.165, 1.54) is 5.56 Å². The monoisotopic (exact) mass is 430 g/mol. The van der Waals surface area contributed by atoms with Gasteiger partial charge in [0.1, 0.15) is 5.75 Å². The van der Waals surface area contributed by atoms with Crippen LogP contribution in [0.1, 0.15) is 32.3 Å². The molecule has 1 atom stereocenters. The molecule has 2 aromatic carbocycles. The second-order valence-corrected chi connectivity index (χ2v) is 8.30. The zero-order chi connectivity index (χ0) is 19.2. The third-order valence-corrected chi connectivity index (χ3v) is 5.14. The third kappa shape index (κ3) is 6.08. The van der Waals surface area contributed by atoms with E-state index >= 15 is 0 Å². The first-order valence-corrected chi connectivity index (χ1v) is 10.3. The molecule has 27 heavy (non-hydrogen) atoms. The molecule has 1 N–H and O–H groups in total. The Morgan fingerprint density at radius 1 is 1.26 bits per heavy atom. The summed E-state index contributed by atoms with van der Waals surface area (Å²) in [5.74, 6) is 0.888. The summed E-state index contributed by atoms with van der Waals surface area (Å²) in [6.07, 6.45) is 2.09. The van der Waals surface area contributed by atoms with Crippen molar-refractivity contribution in [1.82, 2.24) is 4.90 Å². The van der Waals surface area contributed by atoms with Crippen LogP contribution in [0.5, 0.6) is 5.75 Å². The number of nitrogens with one attached hydrogen (secondary N) is 1. The molecule has 1 unspecified atom stereocenters. The van der Waals surface area contributed by atoms with Crippen LogP contribution in [0.4, 0.5) is 5.69 Å². The van der Waals surface area contributed by atoms with E-state index < -0.39 is 0 Å². The number of nitrogens with zero attached hydrogens (tertiary/aromatic N) is 1. The van der Waals surface area contributed by atoms with Crippen LogP contribution < -0.4 is 10.1 Å². The molecule has 1 aliphatic heterocycles. The minimum atomic E-state index is 0.0144. The molecule has 0 saturated carbocycles. The van der Waals surface area contributed by atoms with Crippen molar-refractivity contribution in [3.8, 4) is 5.75 Å². The average Bonchev–Trinajstić information content (AvgIpc) is 2.62. The van der Waals surface area contributed by atoms with Crippen molar-refractivity contribution in [2.75, 3.05) is 18.4 Å². The minimum absolute atomic E-state index is 0.0144. The number of amides is 1. The number of halogens is 1. The first-order chi connectivity index (χ1) is 13.0. The number of rotatable bonds is 6. The molecule has 1 heterocycles. The molecular weight excluding hydrogens is 404 g/mol. The summed E-state index contributed by atoms with van der Waals surface area (Å²) in [5, 5.41) is 3.07. The average molecular weight is 431 g/mol. The zero-order valence-corrected chi connectivity index (χ0v) is 17.5. The molecule has 5 heteroatoms. The predicted molar refractivity (Wildman–Crippen MR) is 113 cm³/mol. The molecule has 2 aromatic rings. The van der Waals surface area contributed by atoms with Crippen LogP contribution in [-0.2, 0) is 11.3 Å². The Balaban J connectivity index is 1.58. The molecular formula is C22H27BrN2O2. The van der Waals surface area contributed by atoms with E-state index in [0.717, 1.165) is 48.4 Å². The van der Waals surface area contributed by atoms with Gasteiger partial charge in [-0.05, 0) is 63.1 Å². The quantitative estimate of drug-likeness (QED) is 0.693. The third-order valence-electron chi connectivity index (χ3n) is 4.64. The van der Waals surface area contributed by atoms with Gasteiger partial charge in [-0.2, -0.15) is 0 Å². The highest BCUT2D eigenvalue weighted by Gasteiger charge is 2.26. The fourth-order valence-electron chi connectivity index (χ4n) is 3.47. The van der Waals surface area contributed by atoms with E-state index in [1.807, 2.05) is 44.2 Å². The zero-order valence-electron chi connectivity index (χ0n) is 16.0. The molecule has 3 rings (SSSR count). The Hall–Kier alpha value is -1.85. The second kappa shape index (κ2) is 9.38. The van der Waals surface area contributed by atoms with E-state index in [2.05, 4.69) is 44.3 Å². The molecule has 1 amide bonds. The van der Waals surface area contributed by atoms with Gasteiger partial charge in [-0.25, -0.2) is 0 Å². The summed E-state index contributed by atoms with van der Waals surface area (Å²) in [4.78, 5) is 15.1. The van der Waals surface area contributed by atoms with E-state index in [-0.39, 0.29) is 17.9 Å². The first-order valence-electron chi connectivity index (χ1n) is 9.54. The number of piperidine rings is 1. The Labute approximate surface area is 170 Å². The van der Waals surface area contributed by atoms with Crippen molar-refractivity contribution in [3.05, 3.63) is 58.6 Å². The Morgan fingerprint density at radius 2 is 2.07 bits per heavy atom. The SMILES string of the molecule is CC(C)Oc1cccc(NC(=O)C2CCCN(Cc3cccc(Br)c3)C2)c1. The van der Waals surface area contributed by atoms with E-state index in [1.54, 1.807) is 0 Å². The molecule has 0 spiro atoms. The number of likely N-dealkylation sites (tertiary alicyclic amines) is 1. The number of hydrogen-bond donors (Lipinski definition) is 1. The summed E-state index contributed by atoms with van der Waals surface area (Å²) in [6.45, 7) is 6.69. The normalized spacial score (nSPS) is 17.7. The number of ether oxygens (including phenoxy) is 1. The molecule has 4 nitrogen and oxygen atoms in total. The highest BCUT2D eigenvalue weighted by Crippen LogP contribution is 2.23. The smallest absolute Gasteiger partial charge is 0.228 e. The second-order valence-electron chi connectivity index (χ2n) is 7.39. The minimum Gasteiger partial charge on any atom is -0.491 e. The van der Waals surface area contributed by atoms with Gasteiger partial charge in [-0.3, -0.25) is 9.69 Å². The predicted octanol–water partition coefficient (Wildman–Crippen LogP) is 5.09. The summed E-state index contributed by atoms with van der Waals surface area (Å²) in [7, 11) is 0. The highest BCUT2D eigenvalue weighted by atomic mass is 79.9. The summed E-state index contributed by atoms with van der Waals surface area (Å²) in [5.41, 5.74) is 2.06. The van der Waals surface area contributed by atoms with Crippen molar-refractivity contribution in [2.24, 2.45) is 5.92 Å². The maximum atomic E-state index is 12.8. The molecule has 144 valence electrons. The van der Waals surface area contributed by atoms with Crippen LogP contribution in [-0.4, -0.2) is 30.0 Å². The van der Waals surface area contributed by atoms with Gasteiger partial charge in [-0.1, -0.05) is 34.1 Å². The van der Waals surface area contributed by atoms with Crippen LogP contribution >= 0.6 is 15.9 Å². The van der Waals surface area contributed by atoms with Gasteiger partial charge in [-0.15, -0.1) is 0 Å². The molecule has 1 aliphatic rings. The fraction of sp³-hybridized carbons (Fsp3) is 0.409. The number of anilines is 1. The van der Waals surface area contributed by atoms with Gasteiger partial charge in [0.05, 0.1) is 12.0 Å². The maximum Gasteiger partial charge on any atom is 0.228 e. The van der Waals surface area contributed by atoms with Crippen molar-refractivity contribution in [2.45, 2.75) is 39.3 Å². The van der Waals surface area contributed by atoms with Gasteiger partial charge in [0.15, 0.2) is 0 Å². The Bertz CT molecular complexity index is 778. The number of carbonyl (C=O) groups excluding carboxylic acids is 1. The van der Waals surface area contributed by atoms with E-state index in [0.29, 0.717) is 0 Å². The van der Waals surface area contributed by atoms with Crippen molar-refractivity contribution < 1.29 is 9.53 Å². The number of benzene rings is 2. The largest absolute Gasteiger partial charge is 0.491 e.